The van der Waals surface area contributed by atoms with Crippen molar-refractivity contribution in [3.05, 3.63) is 0 Å². The third-order valence-electron chi connectivity index (χ3n) is 3.15. The Labute approximate surface area is 159 Å². The van der Waals surface area contributed by atoms with Crippen LogP contribution in [0.5, 0.6) is 0 Å². The Bertz CT molecular complexity index is 476. The highest BCUT2D eigenvalue weighted by Crippen LogP contribution is 2.36. The Morgan fingerprint density at radius 1 is 1.00 bits per heavy atom. The van der Waals surface area contributed by atoms with Gasteiger partial charge >= 0.3 is 5.97 Å². The number of esters is 1. The molecule has 0 saturated heterocycles. The first-order chi connectivity index (χ1) is 11.3. The van der Waals surface area contributed by atoms with Crippen LogP contribution in [0.1, 0.15) is 61.3 Å². The van der Waals surface area contributed by atoms with Crippen molar-refractivity contribution >= 4 is 39.4 Å². The van der Waals surface area contributed by atoms with Crippen LogP contribution in [-0.4, -0.2) is 46.5 Å². The largest absolute Gasteiger partial charge is 0.458 e. The molecule has 0 aromatic heterocycles. The summed E-state index contributed by atoms with van der Waals surface area (Å²) in [6, 6.07) is -1.49. The Morgan fingerprint density at radius 2 is 1.56 bits per heavy atom. The average Bonchev–Trinajstić information content (AvgIpc) is 2.43. The van der Waals surface area contributed by atoms with Gasteiger partial charge in [-0.25, -0.2) is 4.79 Å². The standard InChI is InChI=1S/C17H32N2O4S2/c1-11(18-13(20)9-10-17(6,7)25-24-8)14(21)19-12(2)15(22)23-16(3,4)5/h11-12H,9-10H2,1-8H3,(H,18,20)(H,19,21)/t11-,12-/m0/s1. The van der Waals surface area contributed by atoms with E-state index in [9.17, 15) is 14.4 Å². The molecule has 0 fully saturated rings. The van der Waals surface area contributed by atoms with Gasteiger partial charge in [-0.15, -0.1) is 0 Å². The monoisotopic (exact) mass is 392 g/mol. The quantitative estimate of drug-likeness (QED) is 0.464. The van der Waals surface area contributed by atoms with E-state index in [0.29, 0.717) is 12.8 Å². The molecule has 0 unspecified atom stereocenters. The summed E-state index contributed by atoms with van der Waals surface area (Å²) in [6.07, 6.45) is 3.07. The molecule has 2 N–H and O–H groups in total. The average molecular weight is 393 g/mol. The zero-order valence-electron chi connectivity index (χ0n) is 16.5. The lowest BCUT2D eigenvalue weighted by Gasteiger charge is -2.24. The highest BCUT2D eigenvalue weighted by Gasteiger charge is 2.26. The Hall–Kier alpha value is -0.890. The fourth-order valence-corrected chi connectivity index (χ4v) is 4.09. The predicted octanol–water partition coefficient (Wildman–Crippen LogP) is 2.91. The van der Waals surface area contributed by atoms with Gasteiger partial charge in [0.05, 0.1) is 0 Å². The van der Waals surface area contributed by atoms with Gasteiger partial charge in [-0.3, -0.25) is 9.59 Å². The van der Waals surface area contributed by atoms with Gasteiger partial charge in [-0.05, 0) is 61.1 Å². The maximum Gasteiger partial charge on any atom is 0.328 e. The summed E-state index contributed by atoms with van der Waals surface area (Å²) in [5, 5.41) is 5.23. The molecule has 8 heteroatoms. The van der Waals surface area contributed by atoms with Gasteiger partial charge in [-0.1, -0.05) is 21.6 Å². The second-order valence-electron chi connectivity index (χ2n) is 7.56. The van der Waals surface area contributed by atoms with Crippen LogP contribution in [0.15, 0.2) is 0 Å². The lowest BCUT2D eigenvalue weighted by molar-refractivity contribution is -0.158. The molecule has 0 bridgehead atoms. The van der Waals surface area contributed by atoms with E-state index in [0.717, 1.165) is 0 Å². The number of carbonyl (C=O) groups excluding carboxylic acids is 3. The molecule has 0 rings (SSSR count). The number of hydrogen-bond acceptors (Lipinski definition) is 6. The Balaban J connectivity index is 4.37. The van der Waals surface area contributed by atoms with Crippen molar-refractivity contribution in [2.24, 2.45) is 0 Å². The van der Waals surface area contributed by atoms with Crippen molar-refractivity contribution < 1.29 is 19.1 Å². The zero-order valence-corrected chi connectivity index (χ0v) is 18.2. The van der Waals surface area contributed by atoms with Gasteiger partial charge in [0.2, 0.25) is 11.8 Å². The normalized spacial score (nSPS) is 14.4. The van der Waals surface area contributed by atoms with Gasteiger partial charge in [-0.2, -0.15) is 0 Å². The maximum absolute atomic E-state index is 12.1. The van der Waals surface area contributed by atoms with Gasteiger partial charge in [0, 0.05) is 11.2 Å². The van der Waals surface area contributed by atoms with Crippen molar-refractivity contribution in [2.45, 2.75) is 83.7 Å². The third-order valence-corrected chi connectivity index (χ3v) is 5.83. The van der Waals surface area contributed by atoms with Crippen molar-refractivity contribution in [2.75, 3.05) is 6.26 Å². The Morgan fingerprint density at radius 3 is 2.04 bits per heavy atom. The van der Waals surface area contributed by atoms with Crippen LogP contribution in [0.4, 0.5) is 0 Å². The van der Waals surface area contributed by atoms with E-state index in [2.05, 4.69) is 24.5 Å². The molecule has 2 amide bonds. The molecule has 146 valence electrons. The molecule has 0 aliphatic heterocycles. The van der Waals surface area contributed by atoms with Gasteiger partial charge < -0.3 is 15.4 Å². The summed E-state index contributed by atoms with van der Waals surface area (Å²) in [5.41, 5.74) is -0.614. The summed E-state index contributed by atoms with van der Waals surface area (Å²) < 4.78 is 5.21. The minimum Gasteiger partial charge on any atom is -0.458 e. The molecule has 0 spiro atoms. The number of ether oxygens (including phenoxy) is 1. The van der Waals surface area contributed by atoms with Crippen LogP contribution in [0.2, 0.25) is 0 Å². The van der Waals surface area contributed by atoms with E-state index in [1.807, 2.05) is 6.26 Å². The number of amides is 2. The Kier molecular flexibility index (Phi) is 9.94. The number of carbonyl (C=O) groups is 3. The lowest BCUT2D eigenvalue weighted by atomic mass is 10.1. The first-order valence-electron chi connectivity index (χ1n) is 8.32. The second kappa shape index (κ2) is 10.3. The molecule has 0 aromatic rings. The van der Waals surface area contributed by atoms with E-state index >= 15 is 0 Å². The van der Waals surface area contributed by atoms with Crippen LogP contribution in [0.25, 0.3) is 0 Å². The molecule has 0 heterocycles. The van der Waals surface area contributed by atoms with Crippen LogP contribution < -0.4 is 10.6 Å². The highest BCUT2D eigenvalue weighted by molar-refractivity contribution is 8.76. The highest BCUT2D eigenvalue weighted by atomic mass is 33.1. The lowest BCUT2D eigenvalue weighted by Crippen LogP contribution is -2.50. The molecule has 0 aromatic carbocycles. The molecule has 0 saturated carbocycles. The molecule has 0 radical (unpaired) electrons. The van der Waals surface area contributed by atoms with Crippen molar-refractivity contribution in [1.29, 1.82) is 0 Å². The second-order valence-corrected chi connectivity index (χ2v) is 10.7. The van der Waals surface area contributed by atoms with Crippen molar-refractivity contribution in [3.63, 3.8) is 0 Å². The van der Waals surface area contributed by atoms with Gasteiger partial charge in [0.1, 0.15) is 17.7 Å². The topological polar surface area (TPSA) is 84.5 Å². The summed E-state index contributed by atoms with van der Waals surface area (Å²) in [5.74, 6) is -1.10. The van der Waals surface area contributed by atoms with E-state index in [1.165, 1.54) is 0 Å². The van der Waals surface area contributed by atoms with Crippen LogP contribution in [0, 0.1) is 0 Å². The zero-order chi connectivity index (χ0) is 19.8. The summed E-state index contributed by atoms with van der Waals surface area (Å²) in [4.78, 5) is 36.0. The van der Waals surface area contributed by atoms with Crippen molar-refractivity contribution in [3.8, 4) is 0 Å². The number of nitrogens with one attached hydrogen (secondary N) is 2. The fourth-order valence-electron chi connectivity index (χ4n) is 1.85. The number of hydrogen-bond donors (Lipinski definition) is 2. The third kappa shape index (κ3) is 11.4. The SMILES string of the molecule is CSSC(C)(C)CCC(=O)N[C@@H](C)C(=O)N[C@@H](C)C(=O)OC(C)(C)C. The van der Waals surface area contributed by atoms with Gasteiger partial charge in [0.15, 0.2) is 0 Å². The minimum atomic E-state index is -0.775. The smallest absolute Gasteiger partial charge is 0.328 e. The molecule has 6 nitrogen and oxygen atoms in total. The summed E-state index contributed by atoms with van der Waals surface area (Å²) in [7, 11) is 3.39. The first kappa shape index (κ1) is 24.1. The molecular weight excluding hydrogens is 360 g/mol. The fraction of sp³-hybridized carbons (Fsp3) is 0.824. The van der Waals surface area contributed by atoms with E-state index in [4.69, 9.17) is 4.74 Å². The van der Waals surface area contributed by atoms with E-state index < -0.39 is 29.6 Å². The summed E-state index contributed by atoms with van der Waals surface area (Å²) in [6.45, 7) is 12.6. The summed E-state index contributed by atoms with van der Waals surface area (Å²) >= 11 is 0. The van der Waals surface area contributed by atoms with Crippen LogP contribution in [-0.2, 0) is 19.1 Å². The van der Waals surface area contributed by atoms with Crippen LogP contribution >= 0.6 is 21.6 Å². The molecule has 0 aliphatic carbocycles. The van der Waals surface area contributed by atoms with Crippen molar-refractivity contribution in [1.82, 2.24) is 10.6 Å². The van der Waals surface area contributed by atoms with E-state index in [1.54, 1.807) is 56.2 Å². The molecule has 0 aliphatic rings. The molecule has 25 heavy (non-hydrogen) atoms. The molecular formula is C17H32N2O4S2. The van der Waals surface area contributed by atoms with Gasteiger partial charge in [0.25, 0.3) is 0 Å². The molecule has 2 atom stereocenters. The van der Waals surface area contributed by atoms with Crippen LogP contribution in [0.3, 0.4) is 0 Å². The minimum absolute atomic E-state index is 0.00647. The van der Waals surface area contributed by atoms with E-state index in [-0.39, 0.29) is 10.7 Å². The number of rotatable bonds is 9. The maximum atomic E-state index is 12.1. The first-order valence-corrected chi connectivity index (χ1v) is 10.9. The predicted molar refractivity (Wildman–Crippen MR) is 105 cm³/mol.